The number of nitrogens with one attached hydrogen (secondary N) is 2. The van der Waals surface area contributed by atoms with Crippen molar-refractivity contribution in [1.82, 2.24) is 30.0 Å². The number of fused-ring (bicyclic) bond motifs is 2. The largest absolute Gasteiger partial charge is 0.352 e. The third-order valence-corrected chi connectivity index (χ3v) is 7.26. The molecular weight excluding hydrogens is 463 g/mol. The summed E-state index contributed by atoms with van der Waals surface area (Å²) in [7, 11) is 0. The standard InChI is InChI=1S/C30H25FN6/c31-26-6-2-1-5-22(26)25-16-33-17-29-23(25)13-28(34-29)30-24-12-20(7-8-27(24)35-36-30)21-11-19(14-32-15-21)18-37-9-3-4-10-37/h1-2,5-8,11-17,34H,3-4,9-10,18H2,(H,35,36). The highest BCUT2D eigenvalue weighted by atomic mass is 19.1. The number of aromatic nitrogens is 5. The number of pyridine rings is 2. The fourth-order valence-corrected chi connectivity index (χ4v) is 5.40. The second kappa shape index (κ2) is 8.94. The highest BCUT2D eigenvalue weighted by molar-refractivity contribution is 6.01. The first-order valence-corrected chi connectivity index (χ1v) is 12.6. The lowest BCUT2D eigenvalue weighted by atomic mass is 10.0. The third-order valence-electron chi connectivity index (χ3n) is 7.26. The summed E-state index contributed by atoms with van der Waals surface area (Å²) < 4.78 is 14.6. The van der Waals surface area contributed by atoms with Gasteiger partial charge in [-0.1, -0.05) is 24.3 Å². The van der Waals surface area contributed by atoms with Crippen molar-refractivity contribution in [1.29, 1.82) is 0 Å². The van der Waals surface area contributed by atoms with Gasteiger partial charge in [0.25, 0.3) is 0 Å². The van der Waals surface area contributed by atoms with Crippen LogP contribution in [-0.2, 0) is 6.54 Å². The highest BCUT2D eigenvalue weighted by Gasteiger charge is 2.17. The number of rotatable bonds is 5. The van der Waals surface area contributed by atoms with Crippen LogP contribution in [0.1, 0.15) is 18.4 Å². The van der Waals surface area contributed by atoms with Gasteiger partial charge in [0, 0.05) is 52.6 Å². The van der Waals surface area contributed by atoms with Gasteiger partial charge < -0.3 is 4.98 Å². The molecule has 2 N–H and O–H groups in total. The molecule has 1 aliphatic rings. The summed E-state index contributed by atoms with van der Waals surface area (Å²) in [4.78, 5) is 14.8. The molecule has 4 aromatic heterocycles. The Morgan fingerprint density at radius 2 is 1.65 bits per heavy atom. The van der Waals surface area contributed by atoms with E-state index in [4.69, 9.17) is 0 Å². The van der Waals surface area contributed by atoms with Crippen LogP contribution in [0.4, 0.5) is 4.39 Å². The molecule has 1 aliphatic heterocycles. The minimum atomic E-state index is -0.269. The third kappa shape index (κ3) is 3.97. The van der Waals surface area contributed by atoms with Crippen LogP contribution in [0.5, 0.6) is 0 Å². The number of nitrogens with zero attached hydrogens (tertiary/aromatic N) is 4. The van der Waals surface area contributed by atoms with E-state index in [1.165, 1.54) is 24.5 Å². The zero-order valence-corrected chi connectivity index (χ0v) is 20.2. The molecule has 0 bridgehead atoms. The van der Waals surface area contributed by atoms with Crippen LogP contribution in [0.2, 0.25) is 0 Å². The summed E-state index contributed by atoms with van der Waals surface area (Å²) >= 11 is 0. The van der Waals surface area contributed by atoms with Crippen LogP contribution in [0, 0.1) is 5.82 Å². The van der Waals surface area contributed by atoms with Gasteiger partial charge in [0.1, 0.15) is 11.5 Å². The molecule has 2 aromatic carbocycles. The van der Waals surface area contributed by atoms with Gasteiger partial charge in [0.2, 0.25) is 0 Å². The molecule has 1 saturated heterocycles. The van der Waals surface area contributed by atoms with E-state index in [1.807, 2.05) is 24.5 Å². The molecule has 0 spiro atoms. The van der Waals surface area contributed by atoms with E-state index >= 15 is 0 Å². The lowest BCUT2D eigenvalue weighted by molar-refractivity contribution is 0.331. The molecule has 0 unspecified atom stereocenters. The summed E-state index contributed by atoms with van der Waals surface area (Å²) in [5.41, 5.74) is 8.15. The first-order chi connectivity index (χ1) is 18.2. The van der Waals surface area contributed by atoms with Crippen molar-refractivity contribution in [2.24, 2.45) is 0 Å². The summed E-state index contributed by atoms with van der Waals surface area (Å²) in [6.07, 6.45) is 9.92. The maximum atomic E-state index is 14.6. The topological polar surface area (TPSA) is 73.5 Å². The van der Waals surface area contributed by atoms with Crippen LogP contribution in [0.25, 0.3) is 55.4 Å². The van der Waals surface area contributed by atoms with Gasteiger partial charge in [0.15, 0.2) is 0 Å². The Bertz CT molecular complexity index is 1740. The van der Waals surface area contributed by atoms with Crippen molar-refractivity contribution < 1.29 is 4.39 Å². The number of halogens is 1. The molecule has 0 aliphatic carbocycles. The fraction of sp³-hybridized carbons (Fsp3) is 0.167. The van der Waals surface area contributed by atoms with Crippen LogP contribution >= 0.6 is 0 Å². The van der Waals surface area contributed by atoms with E-state index < -0.39 is 0 Å². The van der Waals surface area contributed by atoms with Gasteiger partial charge in [-0.15, -0.1) is 0 Å². The van der Waals surface area contributed by atoms with Gasteiger partial charge in [0.05, 0.1) is 22.9 Å². The van der Waals surface area contributed by atoms with Crippen LogP contribution in [0.15, 0.2) is 79.4 Å². The highest BCUT2D eigenvalue weighted by Crippen LogP contribution is 2.35. The van der Waals surface area contributed by atoms with E-state index in [0.717, 1.165) is 69.5 Å². The Morgan fingerprint density at radius 1 is 0.784 bits per heavy atom. The summed E-state index contributed by atoms with van der Waals surface area (Å²) in [5.74, 6) is -0.269. The number of H-pyrrole nitrogens is 2. The Kier molecular flexibility index (Phi) is 5.29. The van der Waals surface area contributed by atoms with Gasteiger partial charge in [-0.3, -0.25) is 20.0 Å². The van der Waals surface area contributed by atoms with Crippen molar-refractivity contribution in [3.05, 3.63) is 90.8 Å². The minimum Gasteiger partial charge on any atom is -0.352 e. The second-order valence-corrected chi connectivity index (χ2v) is 9.71. The molecular formula is C30H25FN6. The molecule has 1 fully saturated rings. The molecule has 182 valence electrons. The maximum absolute atomic E-state index is 14.6. The Hall–Kier alpha value is -4.36. The van der Waals surface area contributed by atoms with Crippen LogP contribution < -0.4 is 0 Å². The van der Waals surface area contributed by atoms with Gasteiger partial charge in [-0.25, -0.2) is 4.39 Å². The zero-order valence-electron chi connectivity index (χ0n) is 20.2. The van der Waals surface area contributed by atoms with Gasteiger partial charge in [-0.2, -0.15) is 5.10 Å². The van der Waals surface area contributed by atoms with Crippen LogP contribution in [-0.4, -0.2) is 43.1 Å². The minimum absolute atomic E-state index is 0.269. The van der Waals surface area contributed by atoms with Crippen molar-refractivity contribution in [2.45, 2.75) is 19.4 Å². The predicted molar refractivity (Wildman–Crippen MR) is 144 cm³/mol. The number of hydrogen-bond donors (Lipinski definition) is 2. The molecule has 0 amide bonds. The number of aromatic amines is 2. The normalized spacial score (nSPS) is 14.2. The quantitative estimate of drug-likeness (QED) is 0.288. The van der Waals surface area contributed by atoms with E-state index in [9.17, 15) is 4.39 Å². The molecule has 7 heteroatoms. The van der Waals surface area contributed by atoms with E-state index in [2.05, 4.69) is 54.3 Å². The van der Waals surface area contributed by atoms with E-state index in [-0.39, 0.29) is 5.82 Å². The van der Waals surface area contributed by atoms with Crippen molar-refractivity contribution >= 4 is 21.8 Å². The van der Waals surface area contributed by atoms with Crippen molar-refractivity contribution in [2.75, 3.05) is 13.1 Å². The molecule has 37 heavy (non-hydrogen) atoms. The average Bonchev–Trinajstić information content (AvgIpc) is 3.68. The monoisotopic (exact) mass is 488 g/mol. The van der Waals surface area contributed by atoms with Crippen molar-refractivity contribution in [3.63, 3.8) is 0 Å². The Labute approximate surface area is 213 Å². The zero-order chi connectivity index (χ0) is 24.8. The molecule has 0 radical (unpaired) electrons. The van der Waals surface area contributed by atoms with E-state index in [1.54, 1.807) is 24.5 Å². The lowest BCUT2D eigenvalue weighted by Crippen LogP contribution is -2.18. The summed E-state index contributed by atoms with van der Waals surface area (Å²) in [6, 6.07) is 17.4. The molecule has 6 aromatic rings. The average molecular weight is 489 g/mol. The molecule has 7 rings (SSSR count). The molecule has 0 atom stereocenters. The predicted octanol–water partition coefficient (Wildman–Crippen LogP) is 6.57. The first kappa shape index (κ1) is 21.9. The fourth-order valence-electron chi connectivity index (χ4n) is 5.40. The van der Waals surface area contributed by atoms with Crippen molar-refractivity contribution in [3.8, 4) is 33.6 Å². The number of benzene rings is 2. The summed E-state index contributed by atoms with van der Waals surface area (Å²) in [5, 5.41) is 9.70. The number of hydrogen-bond acceptors (Lipinski definition) is 4. The maximum Gasteiger partial charge on any atom is 0.131 e. The smallest absolute Gasteiger partial charge is 0.131 e. The molecule has 5 heterocycles. The Balaban J connectivity index is 1.29. The van der Waals surface area contributed by atoms with E-state index in [0.29, 0.717) is 5.56 Å². The van der Waals surface area contributed by atoms with Gasteiger partial charge in [-0.05, 0) is 67.4 Å². The number of likely N-dealkylation sites (tertiary alicyclic amines) is 1. The lowest BCUT2D eigenvalue weighted by Gasteiger charge is -2.14. The second-order valence-electron chi connectivity index (χ2n) is 9.71. The SMILES string of the molecule is Fc1ccccc1-c1cncc2[nH]c(-c3n[nH]c4ccc(-c5cncc(CN6CCCC6)c5)cc34)cc12. The molecule has 0 saturated carbocycles. The Morgan fingerprint density at radius 3 is 2.54 bits per heavy atom. The molecule has 6 nitrogen and oxygen atoms in total. The van der Waals surface area contributed by atoms with Gasteiger partial charge >= 0.3 is 0 Å². The van der Waals surface area contributed by atoms with Crippen LogP contribution in [0.3, 0.4) is 0 Å². The first-order valence-electron chi connectivity index (χ1n) is 12.6. The summed E-state index contributed by atoms with van der Waals surface area (Å²) in [6.45, 7) is 3.26.